The van der Waals surface area contributed by atoms with Crippen molar-refractivity contribution in [3.63, 3.8) is 0 Å². The summed E-state index contributed by atoms with van der Waals surface area (Å²) in [6.45, 7) is 9.90. The molecule has 100 valence electrons. The number of nitrogens with one attached hydrogen (secondary N) is 1. The van der Waals surface area contributed by atoms with Gasteiger partial charge in [0, 0.05) is 17.2 Å². The van der Waals surface area contributed by atoms with Gasteiger partial charge >= 0.3 is 5.97 Å². The Morgan fingerprint density at radius 3 is 2.39 bits per heavy atom. The van der Waals surface area contributed by atoms with E-state index in [1.807, 2.05) is 34.6 Å². The quantitative estimate of drug-likeness (QED) is 0.825. The first-order chi connectivity index (χ1) is 8.12. The zero-order valence-electron chi connectivity index (χ0n) is 11.3. The first kappa shape index (κ1) is 14.8. The van der Waals surface area contributed by atoms with E-state index in [9.17, 15) is 9.90 Å². The first-order valence-corrected chi connectivity index (χ1v) is 6.21. The van der Waals surface area contributed by atoms with E-state index in [1.54, 1.807) is 6.07 Å². The molecule has 0 spiro atoms. The first-order valence-electron chi connectivity index (χ1n) is 5.83. The predicted molar refractivity (Wildman–Crippen MR) is 73.7 cm³/mol. The Hall–Kier alpha value is -1.29. The Bertz CT molecular complexity index is 465. The molecule has 0 saturated heterocycles. The van der Waals surface area contributed by atoms with Gasteiger partial charge in [-0.15, -0.1) is 0 Å². The van der Waals surface area contributed by atoms with Crippen LogP contribution in [-0.4, -0.2) is 22.1 Å². The minimum Gasteiger partial charge on any atom is -0.478 e. The Balaban J connectivity index is 3.42. The molecule has 0 unspecified atom stereocenters. The number of hydrogen-bond acceptors (Lipinski definition) is 3. The minimum absolute atomic E-state index is 0.0260. The van der Waals surface area contributed by atoms with Gasteiger partial charge in [0.15, 0.2) is 0 Å². The molecule has 0 aliphatic carbocycles. The number of aromatic carboxylic acids is 1. The zero-order chi connectivity index (χ0) is 14.1. The molecule has 1 rings (SSSR count). The summed E-state index contributed by atoms with van der Waals surface area (Å²) in [5.41, 5.74) is 1.12. The van der Waals surface area contributed by atoms with Crippen LogP contribution in [-0.2, 0) is 5.41 Å². The molecule has 0 aliphatic rings. The normalized spacial score (nSPS) is 11.7. The lowest BCUT2D eigenvalue weighted by Crippen LogP contribution is -2.19. The molecule has 1 aromatic heterocycles. The molecule has 0 amide bonds. The maximum absolute atomic E-state index is 11.2. The van der Waals surface area contributed by atoms with Crippen LogP contribution in [0.3, 0.4) is 0 Å². The van der Waals surface area contributed by atoms with Gasteiger partial charge in [0.2, 0.25) is 0 Å². The van der Waals surface area contributed by atoms with E-state index < -0.39 is 5.97 Å². The number of anilines is 1. The number of carbonyl (C=O) groups is 1. The average molecular weight is 271 g/mol. The van der Waals surface area contributed by atoms with E-state index in [4.69, 9.17) is 11.6 Å². The van der Waals surface area contributed by atoms with Crippen LogP contribution < -0.4 is 5.32 Å². The molecule has 5 heteroatoms. The molecule has 0 saturated carbocycles. The Kier molecular flexibility index (Phi) is 4.22. The van der Waals surface area contributed by atoms with E-state index in [1.165, 1.54) is 0 Å². The van der Waals surface area contributed by atoms with Crippen LogP contribution in [0, 0.1) is 0 Å². The van der Waals surface area contributed by atoms with Gasteiger partial charge in [-0.3, -0.25) is 0 Å². The topological polar surface area (TPSA) is 62.2 Å². The van der Waals surface area contributed by atoms with Crippen LogP contribution in [0.2, 0.25) is 5.15 Å². The highest BCUT2D eigenvalue weighted by Crippen LogP contribution is 2.30. The number of nitrogens with zero attached hydrogens (tertiary/aromatic N) is 1. The van der Waals surface area contributed by atoms with Crippen molar-refractivity contribution >= 4 is 23.3 Å². The van der Waals surface area contributed by atoms with E-state index in [0.717, 1.165) is 5.69 Å². The van der Waals surface area contributed by atoms with Crippen molar-refractivity contribution in [2.24, 2.45) is 0 Å². The average Bonchev–Trinajstić information content (AvgIpc) is 2.13. The molecular formula is C13H19ClN2O2. The fraction of sp³-hybridized carbons (Fsp3) is 0.538. The fourth-order valence-electron chi connectivity index (χ4n) is 1.53. The molecule has 0 bridgehead atoms. The van der Waals surface area contributed by atoms with Crippen LogP contribution in [0.25, 0.3) is 0 Å². The monoisotopic (exact) mass is 270 g/mol. The second-order valence-electron chi connectivity index (χ2n) is 5.58. The molecule has 4 nitrogen and oxygen atoms in total. The summed E-state index contributed by atoms with van der Waals surface area (Å²) >= 11 is 5.99. The smallest absolute Gasteiger partial charge is 0.340 e. The molecule has 0 radical (unpaired) electrons. The van der Waals surface area contributed by atoms with Gasteiger partial charge in [-0.1, -0.05) is 32.4 Å². The van der Waals surface area contributed by atoms with E-state index >= 15 is 0 Å². The van der Waals surface area contributed by atoms with Gasteiger partial charge in [-0.25, -0.2) is 9.78 Å². The van der Waals surface area contributed by atoms with Crippen molar-refractivity contribution in [3.05, 3.63) is 22.5 Å². The van der Waals surface area contributed by atoms with Crippen LogP contribution >= 0.6 is 11.6 Å². The summed E-state index contributed by atoms with van der Waals surface area (Å²) in [6, 6.07) is 1.88. The van der Waals surface area contributed by atoms with Crippen LogP contribution in [0.5, 0.6) is 0 Å². The molecule has 0 aromatic carbocycles. The second-order valence-corrected chi connectivity index (χ2v) is 5.93. The maximum atomic E-state index is 11.2. The Morgan fingerprint density at radius 1 is 1.44 bits per heavy atom. The minimum atomic E-state index is -1.07. The van der Waals surface area contributed by atoms with Gasteiger partial charge < -0.3 is 10.4 Å². The summed E-state index contributed by atoms with van der Waals surface area (Å²) in [4.78, 5) is 15.4. The molecule has 0 atom stereocenters. The third-order valence-electron chi connectivity index (χ3n) is 2.40. The summed E-state index contributed by atoms with van der Waals surface area (Å²) < 4.78 is 0. The van der Waals surface area contributed by atoms with Crippen LogP contribution in [0.1, 0.15) is 50.7 Å². The van der Waals surface area contributed by atoms with Gasteiger partial charge in [0.25, 0.3) is 0 Å². The second kappa shape index (κ2) is 5.14. The van der Waals surface area contributed by atoms with Gasteiger partial charge in [-0.05, 0) is 19.9 Å². The molecule has 2 N–H and O–H groups in total. The highest BCUT2D eigenvalue weighted by Gasteiger charge is 2.23. The highest BCUT2D eigenvalue weighted by molar-refractivity contribution is 6.33. The molecule has 1 aromatic rings. The van der Waals surface area contributed by atoms with E-state index in [0.29, 0.717) is 5.69 Å². The molecular weight excluding hydrogens is 252 g/mol. The van der Waals surface area contributed by atoms with Crippen molar-refractivity contribution < 1.29 is 9.90 Å². The van der Waals surface area contributed by atoms with Crippen LogP contribution in [0.4, 0.5) is 5.69 Å². The molecule has 18 heavy (non-hydrogen) atoms. The number of hydrogen-bond donors (Lipinski definition) is 2. The largest absolute Gasteiger partial charge is 0.478 e. The highest BCUT2D eigenvalue weighted by atomic mass is 35.5. The Labute approximate surface area is 112 Å². The number of carboxylic acids is 1. The standard InChI is InChI=1S/C13H19ClN2O2/c1-7(2)15-8-6-9(13(3,4)5)16-11(14)10(8)12(17)18/h6-7H,1-5H3,(H,15,16)(H,17,18). The summed E-state index contributed by atoms with van der Waals surface area (Å²) in [5, 5.41) is 12.3. The van der Waals surface area contributed by atoms with Crippen molar-refractivity contribution in [1.82, 2.24) is 4.98 Å². The zero-order valence-corrected chi connectivity index (χ0v) is 12.1. The molecule has 1 heterocycles. The number of pyridine rings is 1. The van der Waals surface area contributed by atoms with E-state index in [2.05, 4.69) is 10.3 Å². The van der Waals surface area contributed by atoms with Crippen molar-refractivity contribution in [2.45, 2.75) is 46.1 Å². The predicted octanol–water partition coefficient (Wildman–Crippen LogP) is 3.55. The number of rotatable bonds is 3. The summed E-state index contributed by atoms with van der Waals surface area (Å²) in [6.07, 6.45) is 0. The maximum Gasteiger partial charge on any atom is 0.340 e. The summed E-state index contributed by atoms with van der Waals surface area (Å²) in [7, 11) is 0. The van der Waals surface area contributed by atoms with Gasteiger partial charge in [0.05, 0.1) is 5.69 Å². The SMILES string of the molecule is CC(C)Nc1cc(C(C)(C)C)nc(Cl)c1C(=O)O. The number of halogens is 1. The van der Waals surface area contributed by atoms with Crippen LogP contribution in [0.15, 0.2) is 6.07 Å². The lowest BCUT2D eigenvalue weighted by Gasteiger charge is -2.21. The number of carboxylic acid groups (broad SMARTS) is 1. The van der Waals surface area contributed by atoms with Crippen molar-refractivity contribution in [2.75, 3.05) is 5.32 Å². The molecule has 0 aliphatic heterocycles. The Morgan fingerprint density at radius 2 is 2.00 bits per heavy atom. The fourth-order valence-corrected chi connectivity index (χ4v) is 1.80. The third kappa shape index (κ3) is 3.35. The van der Waals surface area contributed by atoms with Crippen molar-refractivity contribution in [1.29, 1.82) is 0 Å². The van der Waals surface area contributed by atoms with E-state index in [-0.39, 0.29) is 22.2 Å². The van der Waals surface area contributed by atoms with Gasteiger partial charge in [-0.2, -0.15) is 0 Å². The summed E-state index contributed by atoms with van der Waals surface area (Å²) in [5.74, 6) is -1.07. The van der Waals surface area contributed by atoms with Gasteiger partial charge in [0.1, 0.15) is 10.7 Å². The third-order valence-corrected chi connectivity index (χ3v) is 2.68. The lowest BCUT2D eigenvalue weighted by atomic mass is 9.91. The molecule has 0 fully saturated rings. The lowest BCUT2D eigenvalue weighted by molar-refractivity contribution is 0.0697. The number of aromatic nitrogens is 1. The van der Waals surface area contributed by atoms with Crippen molar-refractivity contribution in [3.8, 4) is 0 Å².